The van der Waals surface area contributed by atoms with Crippen molar-refractivity contribution in [3.05, 3.63) is 40.5 Å². The second-order valence-electron chi connectivity index (χ2n) is 13.2. The molecule has 3 N–H and O–H groups in total. The number of ether oxygens (including phenoxy) is 3. The van der Waals surface area contributed by atoms with Crippen LogP contribution in [0.25, 0.3) is 0 Å². The Morgan fingerprint density at radius 3 is 2.51 bits per heavy atom. The number of hydrogen-bond donors (Lipinski definition) is 3. The molecule has 0 spiro atoms. The molecule has 6 rings (SSSR count). The van der Waals surface area contributed by atoms with E-state index in [0.717, 1.165) is 70.7 Å². The van der Waals surface area contributed by atoms with Crippen molar-refractivity contribution < 1.29 is 23.7 Å². The monoisotopic (exact) mass is 730 g/mol. The average Bonchev–Trinajstić information content (AvgIpc) is 3.03. The molecular formula is C34H45BrFN6O4P. The highest BCUT2D eigenvalue weighted by molar-refractivity contribution is 9.10. The lowest BCUT2D eigenvalue weighted by Crippen LogP contribution is -2.71. The maximum atomic E-state index is 15.0. The Labute approximate surface area is 286 Å². The maximum Gasteiger partial charge on any atom is 0.229 e. The summed E-state index contributed by atoms with van der Waals surface area (Å²) in [6, 6.07) is 8.48. The number of likely N-dealkylation sites (tertiary alicyclic amines) is 1. The number of methoxy groups -OCH3 is 1. The molecule has 0 amide bonds. The Morgan fingerprint density at radius 1 is 1.13 bits per heavy atom. The van der Waals surface area contributed by atoms with Gasteiger partial charge in [0, 0.05) is 55.5 Å². The van der Waals surface area contributed by atoms with E-state index in [-0.39, 0.29) is 0 Å². The van der Waals surface area contributed by atoms with Gasteiger partial charge in [-0.2, -0.15) is 4.98 Å². The lowest BCUT2D eigenvalue weighted by Gasteiger charge is -2.54. The Morgan fingerprint density at radius 2 is 1.85 bits per heavy atom. The highest BCUT2D eigenvalue weighted by atomic mass is 79.9. The zero-order valence-electron chi connectivity index (χ0n) is 28.0. The number of benzene rings is 2. The number of aryl methyl sites for hydroxylation is 1. The van der Waals surface area contributed by atoms with Crippen LogP contribution < -0.4 is 35.0 Å². The second-order valence-corrected chi connectivity index (χ2v) is 16.3. The van der Waals surface area contributed by atoms with Gasteiger partial charge in [-0.3, -0.25) is 4.90 Å². The molecule has 3 aromatic rings. The molecule has 0 radical (unpaired) electrons. The topological polar surface area (TPSA) is 104 Å². The first-order valence-electron chi connectivity index (χ1n) is 16.2. The number of halogens is 2. The van der Waals surface area contributed by atoms with Crippen LogP contribution in [0.3, 0.4) is 0 Å². The second kappa shape index (κ2) is 13.5. The summed E-state index contributed by atoms with van der Waals surface area (Å²) in [6.45, 7) is 13.1. The SMILES string of the molecule is CCc1cc(Nc2ncc(Br)c(Nc3ccc4c(c3P(C)C)OCCO4)n2)c(OC)cc1N1CCC(N2CC(F)(C(C)(C)O)C2)CC1. The van der Waals surface area contributed by atoms with Crippen LogP contribution in [0.2, 0.25) is 0 Å². The minimum Gasteiger partial charge on any atom is -0.494 e. The molecule has 1 aromatic heterocycles. The molecule has 3 aliphatic rings. The number of aromatic nitrogens is 2. The molecule has 0 bridgehead atoms. The predicted octanol–water partition coefficient (Wildman–Crippen LogP) is 6.20. The molecule has 0 saturated carbocycles. The standard InChI is InChI=1S/C34H45BrFN6O4P/c1-7-21-16-25(28(44-4)17-26(21)41-12-10-22(11-13-41)42-19-34(36,20-42)33(2,3)43)39-32-37-18-23(35)31(40-32)38-24-8-9-27-29(30(24)47(5)6)46-15-14-45-27/h8-9,16-18,22,43H,7,10-15,19-20H2,1-6H3,(H2,37,38,39,40). The first-order valence-corrected chi connectivity index (χ1v) is 19.2. The van der Waals surface area contributed by atoms with Crippen molar-refractivity contribution in [3.63, 3.8) is 0 Å². The van der Waals surface area contributed by atoms with Crippen molar-refractivity contribution in [2.45, 2.75) is 57.3 Å². The summed E-state index contributed by atoms with van der Waals surface area (Å²) in [7, 11) is 1.16. The number of piperidine rings is 1. The Hall–Kier alpha value is -2.92. The Balaban J connectivity index is 1.18. The Kier molecular flexibility index (Phi) is 9.78. The van der Waals surface area contributed by atoms with Crippen molar-refractivity contribution in [2.75, 3.05) is 75.4 Å². The fraction of sp³-hybridized carbons (Fsp3) is 0.529. The molecule has 10 nitrogen and oxygen atoms in total. The Bertz CT molecular complexity index is 1610. The van der Waals surface area contributed by atoms with Gasteiger partial charge in [0.25, 0.3) is 0 Å². The number of nitrogens with one attached hydrogen (secondary N) is 2. The van der Waals surface area contributed by atoms with E-state index in [0.29, 0.717) is 49.9 Å². The summed E-state index contributed by atoms with van der Waals surface area (Å²) in [5, 5.41) is 18.2. The molecular weight excluding hydrogens is 686 g/mol. The maximum absolute atomic E-state index is 15.0. The summed E-state index contributed by atoms with van der Waals surface area (Å²) in [5.41, 5.74) is 1.19. The molecule has 3 aliphatic heterocycles. The molecule has 13 heteroatoms. The lowest BCUT2D eigenvalue weighted by atomic mass is 9.79. The molecule has 2 aromatic carbocycles. The smallest absolute Gasteiger partial charge is 0.229 e. The van der Waals surface area contributed by atoms with E-state index < -0.39 is 19.2 Å². The third kappa shape index (κ3) is 6.84. The molecule has 2 saturated heterocycles. The molecule has 47 heavy (non-hydrogen) atoms. The third-order valence-electron chi connectivity index (χ3n) is 9.48. The summed E-state index contributed by atoms with van der Waals surface area (Å²) >= 11 is 3.62. The molecule has 0 atom stereocenters. The van der Waals surface area contributed by atoms with Gasteiger partial charge in [0.2, 0.25) is 5.95 Å². The van der Waals surface area contributed by atoms with Crippen LogP contribution in [-0.2, 0) is 6.42 Å². The number of hydrogen-bond acceptors (Lipinski definition) is 10. The molecule has 254 valence electrons. The minimum absolute atomic E-state index is 0.293. The van der Waals surface area contributed by atoms with Crippen LogP contribution in [0, 0.1) is 0 Å². The number of nitrogens with zero attached hydrogens (tertiary/aromatic N) is 4. The zero-order chi connectivity index (χ0) is 33.5. The summed E-state index contributed by atoms with van der Waals surface area (Å²) in [6.07, 6.45) is 4.46. The van der Waals surface area contributed by atoms with Crippen LogP contribution in [0.4, 0.5) is 33.2 Å². The highest BCUT2D eigenvalue weighted by Crippen LogP contribution is 2.43. The number of rotatable bonds is 10. The molecule has 0 aliphatic carbocycles. The van der Waals surface area contributed by atoms with Gasteiger partial charge >= 0.3 is 0 Å². The van der Waals surface area contributed by atoms with Crippen molar-refractivity contribution in [1.29, 1.82) is 0 Å². The van der Waals surface area contributed by atoms with E-state index in [1.165, 1.54) is 5.56 Å². The van der Waals surface area contributed by atoms with Gasteiger partial charge in [-0.1, -0.05) is 14.8 Å². The van der Waals surface area contributed by atoms with Gasteiger partial charge in [-0.25, -0.2) is 9.37 Å². The summed E-state index contributed by atoms with van der Waals surface area (Å²) < 4.78 is 33.5. The zero-order valence-corrected chi connectivity index (χ0v) is 30.5. The van der Waals surface area contributed by atoms with Crippen LogP contribution in [0.1, 0.15) is 39.2 Å². The number of alkyl halides is 1. The fourth-order valence-electron chi connectivity index (χ4n) is 6.58. The normalized spacial score (nSPS) is 18.2. The molecule has 4 heterocycles. The van der Waals surface area contributed by atoms with E-state index in [1.54, 1.807) is 27.2 Å². The molecule has 0 unspecified atom stereocenters. The van der Waals surface area contributed by atoms with Gasteiger partial charge < -0.3 is 34.9 Å². The van der Waals surface area contributed by atoms with Crippen molar-refractivity contribution in [1.82, 2.24) is 14.9 Å². The third-order valence-corrected chi connectivity index (χ3v) is 11.4. The fourth-order valence-corrected chi connectivity index (χ4v) is 8.06. The van der Waals surface area contributed by atoms with Gasteiger partial charge in [0.1, 0.15) is 24.8 Å². The first kappa shape index (κ1) is 34.0. The summed E-state index contributed by atoms with van der Waals surface area (Å²) in [4.78, 5) is 14.0. The average molecular weight is 732 g/mol. The van der Waals surface area contributed by atoms with E-state index in [4.69, 9.17) is 19.2 Å². The predicted molar refractivity (Wildman–Crippen MR) is 191 cm³/mol. The van der Waals surface area contributed by atoms with Crippen molar-refractivity contribution in [2.24, 2.45) is 0 Å². The van der Waals surface area contributed by atoms with E-state index >= 15 is 4.39 Å². The van der Waals surface area contributed by atoms with Gasteiger partial charge in [-0.15, -0.1) is 0 Å². The largest absolute Gasteiger partial charge is 0.494 e. The van der Waals surface area contributed by atoms with Crippen LogP contribution >= 0.6 is 23.9 Å². The number of fused-ring (bicyclic) bond motifs is 1. The number of anilines is 5. The van der Waals surface area contributed by atoms with Crippen LogP contribution in [0.15, 0.2) is 34.9 Å². The minimum atomic E-state index is -1.53. The number of aliphatic hydroxyl groups is 1. The van der Waals surface area contributed by atoms with Crippen molar-refractivity contribution in [3.8, 4) is 17.2 Å². The van der Waals surface area contributed by atoms with E-state index in [1.807, 2.05) is 12.1 Å². The van der Waals surface area contributed by atoms with Crippen molar-refractivity contribution >= 4 is 58.0 Å². The van der Waals surface area contributed by atoms with E-state index in [2.05, 4.69) is 73.7 Å². The van der Waals surface area contributed by atoms with E-state index in [9.17, 15) is 5.11 Å². The lowest BCUT2D eigenvalue weighted by molar-refractivity contribution is -0.170. The van der Waals surface area contributed by atoms with Crippen LogP contribution in [0.5, 0.6) is 17.2 Å². The van der Waals surface area contributed by atoms with Gasteiger partial charge in [0.15, 0.2) is 17.2 Å². The van der Waals surface area contributed by atoms with Gasteiger partial charge in [0.05, 0.1) is 28.6 Å². The molecule has 2 fully saturated rings. The van der Waals surface area contributed by atoms with Crippen LogP contribution in [-0.4, -0.2) is 97.1 Å². The summed E-state index contributed by atoms with van der Waals surface area (Å²) in [5.74, 6) is 3.34. The highest BCUT2D eigenvalue weighted by Gasteiger charge is 2.55. The first-order chi connectivity index (χ1) is 22.4. The quantitative estimate of drug-likeness (QED) is 0.209. The van der Waals surface area contributed by atoms with Gasteiger partial charge in [-0.05, 0) is 86.1 Å².